The fourth-order valence-corrected chi connectivity index (χ4v) is 4.79. The van der Waals surface area contributed by atoms with Crippen molar-refractivity contribution in [2.45, 2.75) is 51.1 Å². The molecule has 1 unspecified atom stereocenters. The molecule has 0 saturated carbocycles. The molecule has 134 valence electrons. The van der Waals surface area contributed by atoms with Gasteiger partial charge < -0.3 is 15.0 Å². The van der Waals surface area contributed by atoms with Crippen LogP contribution in [0.2, 0.25) is 0 Å². The number of ether oxygens (including phenoxy) is 1. The molecule has 0 bridgehead atoms. The summed E-state index contributed by atoms with van der Waals surface area (Å²) < 4.78 is 5.10. The number of rotatable bonds is 4. The lowest BCUT2D eigenvalue weighted by Gasteiger charge is -2.47. The minimum atomic E-state index is -0.293. The molecule has 3 atom stereocenters. The van der Waals surface area contributed by atoms with E-state index in [1.54, 1.807) is 0 Å². The maximum Gasteiger partial charge on any atom is 0.407 e. The Balaban J connectivity index is 1.66. The number of amides is 1. The average Bonchev–Trinajstić information content (AvgIpc) is 3.01. The van der Waals surface area contributed by atoms with E-state index in [0.29, 0.717) is 18.6 Å². The number of nitrogens with zero attached hydrogens (tertiary/aromatic N) is 1. The lowest BCUT2D eigenvalue weighted by Crippen LogP contribution is -2.56. The third-order valence-corrected chi connectivity index (χ3v) is 5.68. The molecule has 2 aromatic rings. The summed E-state index contributed by atoms with van der Waals surface area (Å²) in [6.07, 6.45) is 5.08. The van der Waals surface area contributed by atoms with Gasteiger partial charge in [0.25, 0.3) is 0 Å². The first-order valence-corrected chi connectivity index (χ1v) is 9.47. The van der Waals surface area contributed by atoms with E-state index in [-0.39, 0.29) is 12.1 Å². The number of H-pyrrole nitrogens is 1. The van der Waals surface area contributed by atoms with Crippen LogP contribution in [0.5, 0.6) is 0 Å². The highest BCUT2D eigenvalue weighted by molar-refractivity contribution is 5.88. The number of hydrogen-bond acceptors (Lipinski definition) is 3. The number of alkyl carbamates (subject to hydrolysis) is 1. The Kier molecular flexibility index (Phi) is 4.42. The number of fused-ring (bicyclic) bond motifs is 2. The SMILES string of the molecule is CCCN1C[C@@H](NC(=O)OCC)CC2c3cccc4[nH]cc(c34)C[C@H]21. The zero-order chi connectivity index (χ0) is 17.4. The molecule has 4 rings (SSSR count). The molecule has 2 heterocycles. The van der Waals surface area contributed by atoms with Crippen molar-refractivity contribution < 1.29 is 9.53 Å². The van der Waals surface area contributed by atoms with E-state index in [2.05, 4.69) is 46.5 Å². The fraction of sp³-hybridized carbons (Fsp3) is 0.550. The summed E-state index contributed by atoms with van der Waals surface area (Å²) in [6.45, 7) is 6.45. The Bertz CT molecular complexity index is 769. The summed E-state index contributed by atoms with van der Waals surface area (Å²) in [5.41, 5.74) is 4.10. The predicted octanol–water partition coefficient (Wildman–Crippen LogP) is 3.41. The number of carbonyl (C=O) groups is 1. The van der Waals surface area contributed by atoms with Crippen molar-refractivity contribution in [1.82, 2.24) is 15.2 Å². The van der Waals surface area contributed by atoms with E-state index in [9.17, 15) is 4.79 Å². The lowest BCUT2D eigenvalue weighted by atomic mass is 9.74. The van der Waals surface area contributed by atoms with Crippen LogP contribution in [0, 0.1) is 0 Å². The molecule has 1 amide bonds. The summed E-state index contributed by atoms with van der Waals surface area (Å²) in [6, 6.07) is 7.24. The van der Waals surface area contributed by atoms with Crippen molar-refractivity contribution in [3.05, 3.63) is 35.5 Å². The second-order valence-corrected chi connectivity index (χ2v) is 7.25. The van der Waals surface area contributed by atoms with E-state index in [0.717, 1.165) is 32.4 Å². The normalized spacial score (nSPS) is 25.6. The molecule has 1 aromatic heterocycles. The molecule has 5 heteroatoms. The minimum Gasteiger partial charge on any atom is -0.450 e. The Hall–Kier alpha value is -2.01. The highest BCUT2D eigenvalue weighted by atomic mass is 16.5. The molecule has 1 saturated heterocycles. The molecule has 25 heavy (non-hydrogen) atoms. The van der Waals surface area contributed by atoms with Crippen LogP contribution in [0.25, 0.3) is 10.9 Å². The number of carbonyl (C=O) groups excluding carboxylic acids is 1. The molecule has 1 aliphatic heterocycles. The Labute approximate surface area is 148 Å². The topological polar surface area (TPSA) is 57.4 Å². The first-order valence-electron chi connectivity index (χ1n) is 9.47. The second-order valence-electron chi connectivity index (χ2n) is 7.25. The summed E-state index contributed by atoms with van der Waals surface area (Å²) in [4.78, 5) is 17.9. The zero-order valence-electron chi connectivity index (χ0n) is 15.0. The number of likely N-dealkylation sites (tertiary alicyclic amines) is 1. The standard InChI is InChI=1S/C20H27N3O2/c1-3-8-23-12-14(22-20(24)25-4-2)10-16-15-6-5-7-17-19(15)13(11-21-17)9-18(16)23/h5-7,11,14,16,18,21H,3-4,8-10,12H2,1-2H3,(H,22,24)/t14-,16?,18+/m0/s1. The van der Waals surface area contributed by atoms with Gasteiger partial charge >= 0.3 is 6.09 Å². The van der Waals surface area contributed by atoms with E-state index in [4.69, 9.17) is 4.74 Å². The van der Waals surface area contributed by atoms with Crippen molar-refractivity contribution >= 4 is 17.0 Å². The molecular weight excluding hydrogens is 314 g/mol. The number of piperidine rings is 1. The third-order valence-electron chi connectivity index (χ3n) is 5.68. The molecule has 2 N–H and O–H groups in total. The fourth-order valence-electron chi connectivity index (χ4n) is 4.79. The zero-order valence-corrected chi connectivity index (χ0v) is 15.0. The maximum absolute atomic E-state index is 11.9. The number of nitrogens with one attached hydrogen (secondary N) is 2. The van der Waals surface area contributed by atoms with Crippen LogP contribution in [-0.2, 0) is 11.2 Å². The van der Waals surface area contributed by atoms with Crippen LogP contribution in [0.15, 0.2) is 24.4 Å². The Morgan fingerprint density at radius 1 is 1.40 bits per heavy atom. The van der Waals surface area contributed by atoms with E-state index < -0.39 is 0 Å². The minimum absolute atomic E-state index is 0.141. The van der Waals surface area contributed by atoms with Crippen molar-refractivity contribution in [2.24, 2.45) is 0 Å². The van der Waals surface area contributed by atoms with Gasteiger partial charge in [-0.3, -0.25) is 4.90 Å². The van der Waals surface area contributed by atoms with Gasteiger partial charge in [-0.15, -0.1) is 0 Å². The van der Waals surface area contributed by atoms with Gasteiger partial charge in [0.05, 0.1) is 6.61 Å². The molecule has 2 aliphatic rings. The van der Waals surface area contributed by atoms with Crippen molar-refractivity contribution in [2.75, 3.05) is 19.7 Å². The van der Waals surface area contributed by atoms with Gasteiger partial charge in [-0.2, -0.15) is 0 Å². The summed E-state index contributed by atoms with van der Waals surface area (Å²) >= 11 is 0. The highest BCUT2D eigenvalue weighted by Crippen LogP contribution is 2.43. The smallest absolute Gasteiger partial charge is 0.407 e. The number of hydrogen-bond donors (Lipinski definition) is 2. The van der Waals surface area contributed by atoms with E-state index >= 15 is 0 Å². The number of aromatic nitrogens is 1. The van der Waals surface area contributed by atoms with Gasteiger partial charge in [0.2, 0.25) is 0 Å². The van der Waals surface area contributed by atoms with Gasteiger partial charge in [-0.05, 0) is 49.9 Å². The van der Waals surface area contributed by atoms with Crippen LogP contribution in [0.4, 0.5) is 4.79 Å². The predicted molar refractivity (Wildman–Crippen MR) is 99.0 cm³/mol. The largest absolute Gasteiger partial charge is 0.450 e. The van der Waals surface area contributed by atoms with Gasteiger partial charge in [0.1, 0.15) is 0 Å². The lowest BCUT2D eigenvalue weighted by molar-refractivity contribution is 0.0904. The van der Waals surface area contributed by atoms with Gasteiger partial charge in [-0.1, -0.05) is 19.1 Å². The van der Waals surface area contributed by atoms with E-state index in [1.165, 1.54) is 22.0 Å². The highest BCUT2D eigenvalue weighted by Gasteiger charge is 2.40. The molecule has 1 aliphatic carbocycles. The van der Waals surface area contributed by atoms with Crippen LogP contribution in [0.3, 0.4) is 0 Å². The summed E-state index contributed by atoms with van der Waals surface area (Å²) in [5.74, 6) is 0.458. The third kappa shape index (κ3) is 2.91. The molecular formula is C20H27N3O2. The van der Waals surface area contributed by atoms with Crippen LogP contribution in [-0.4, -0.2) is 47.8 Å². The summed E-state index contributed by atoms with van der Waals surface area (Å²) in [5, 5.41) is 4.48. The van der Waals surface area contributed by atoms with Gasteiger partial charge in [0.15, 0.2) is 0 Å². The monoisotopic (exact) mass is 341 g/mol. The van der Waals surface area contributed by atoms with Crippen LogP contribution >= 0.6 is 0 Å². The van der Waals surface area contributed by atoms with Crippen LogP contribution < -0.4 is 5.32 Å². The molecule has 0 radical (unpaired) electrons. The quantitative estimate of drug-likeness (QED) is 0.896. The van der Waals surface area contributed by atoms with Crippen molar-refractivity contribution in [3.63, 3.8) is 0 Å². The molecule has 1 fully saturated rings. The number of aromatic amines is 1. The Morgan fingerprint density at radius 3 is 3.08 bits per heavy atom. The van der Waals surface area contributed by atoms with Crippen LogP contribution in [0.1, 0.15) is 43.7 Å². The molecule has 0 spiro atoms. The van der Waals surface area contributed by atoms with Crippen molar-refractivity contribution in [1.29, 1.82) is 0 Å². The summed E-state index contributed by atoms with van der Waals surface area (Å²) in [7, 11) is 0. The van der Waals surface area contributed by atoms with Crippen molar-refractivity contribution in [3.8, 4) is 0 Å². The Morgan fingerprint density at radius 2 is 2.28 bits per heavy atom. The first kappa shape index (κ1) is 16.5. The molecule has 5 nitrogen and oxygen atoms in total. The average molecular weight is 341 g/mol. The van der Waals surface area contributed by atoms with Gasteiger partial charge in [0, 0.05) is 41.6 Å². The first-order chi connectivity index (χ1) is 12.2. The van der Waals surface area contributed by atoms with E-state index in [1.807, 2.05) is 6.92 Å². The number of benzene rings is 1. The maximum atomic E-state index is 11.9. The molecule has 1 aromatic carbocycles. The second kappa shape index (κ2) is 6.71. The van der Waals surface area contributed by atoms with Gasteiger partial charge in [-0.25, -0.2) is 4.79 Å².